The van der Waals surface area contributed by atoms with Crippen LogP contribution in [0.2, 0.25) is 0 Å². The van der Waals surface area contributed by atoms with E-state index in [2.05, 4.69) is 15.9 Å². The van der Waals surface area contributed by atoms with Gasteiger partial charge in [0, 0.05) is 0 Å². The largest absolute Gasteiger partial charge is 0.490 e. The van der Waals surface area contributed by atoms with Gasteiger partial charge in [-0.15, -0.1) is 0 Å². The molecule has 0 aromatic heterocycles. The average Bonchev–Trinajstić information content (AvgIpc) is 2.63. The third-order valence-electron chi connectivity index (χ3n) is 3.44. The van der Waals surface area contributed by atoms with Crippen LogP contribution in [0.15, 0.2) is 50.7 Å². The van der Waals surface area contributed by atoms with E-state index < -0.39 is 20.6 Å². The second-order valence-electron chi connectivity index (χ2n) is 5.27. The maximum Gasteiger partial charge on any atom is 0.216 e. The Labute approximate surface area is 166 Å². The lowest BCUT2D eigenvalue weighted by molar-refractivity contribution is 0.286. The van der Waals surface area contributed by atoms with Crippen LogP contribution in [-0.2, 0) is 9.84 Å². The lowest BCUT2D eigenvalue weighted by atomic mass is 10.2. The first-order valence-corrected chi connectivity index (χ1v) is 10.3. The highest BCUT2D eigenvalue weighted by Crippen LogP contribution is 2.38. The molecule has 5 nitrogen and oxygen atoms in total. The van der Waals surface area contributed by atoms with E-state index in [-0.39, 0.29) is 4.90 Å². The van der Waals surface area contributed by atoms with Gasteiger partial charge >= 0.3 is 0 Å². The molecule has 0 heterocycles. The molecule has 0 saturated heterocycles. The fraction of sp³-hybridized carbons (Fsp3) is 0.211. The van der Waals surface area contributed by atoms with Crippen molar-refractivity contribution in [2.24, 2.45) is 0 Å². The van der Waals surface area contributed by atoms with Crippen molar-refractivity contribution in [3.05, 3.63) is 57.2 Å². The van der Waals surface area contributed by atoms with Gasteiger partial charge in [-0.1, -0.05) is 0 Å². The summed E-state index contributed by atoms with van der Waals surface area (Å²) in [4.78, 5) is -0.626. The number of hydrogen-bond acceptors (Lipinski definition) is 5. The minimum absolute atomic E-state index is 0.160. The van der Waals surface area contributed by atoms with Gasteiger partial charge < -0.3 is 9.47 Å². The smallest absolute Gasteiger partial charge is 0.216 e. The number of hydrogen-bond donors (Lipinski definition) is 0. The van der Waals surface area contributed by atoms with Crippen molar-refractivity contribution in [3.8, 4) is 17.6 Å². The third kappa shape index (κ3) is 4.87. The van der Waals surface area contributed by atoms with Crippen molar-refractivity contribution in [2.75, 3.05) is 13.2 Å². The number of allylic oxidation sites excluding steroid dienone is 1. The molecule has 0 saturated carbocycles. The summed E-state index contributed by atoms with van der Waals surface area (Å²) in [5.41, 5.74) is 0.441. The second-order valence-corrected chi connectivity index (χ2v) is 8.05. The van der Waals surface area contributed by atoms with Crippen LogP contribution in [0.4, 0.5) is 4.39 Å². The van der Waals surface area contributed by atoms with Crippen LogP contribution in [0.25, 0.3) is 6.08 Å². The van der Waals surface area contributed by atoms with Gasteiger partial charge in [0.1, 0.15) is 16.8 Å². The zero-order chi connectivity index (χ0) is 20.0. The molecule has 0 aliphatic heterocycles. The molecule has 2 rings (SSSR count). The highest BCUT2D eigenvalue weighted by molar-refractivity contribution is 9.10. The van der Waals surface area contributed by atoms with Crippen LogP contribution in [0.3, 0.4) is 0 Å². The molecule has 0 N–H and O–H groups in total. The average molecular weight is 454 g/mol. The van der Waals surface area contributed by atoms with Gasteiger partial charge in [-0.25, -0.2) is 12.8 Å². The Hall–Kier alpha value is -2.37. The van der Waals surface area contributed by atoms with E-state index in [0.717, 1.165) is 24.3 Å². The fourth-order valence-corrected chi connectivity index (χ4v) is 4.01. The molecule has 27 heavy (non-hydrogen) atoms. The molecular formula is C19H17BrFNO4S. The van der Waals surface area contributed by atoms with Crippen molar-refractivity contribution in [1.82, 2.24) is 0 Å². The van der Waals surface area contributed by atoms with Gasteiger partial charge in [0.2, 0.25) is 9.84 Å². The van der Waals surface area contributed by atoms with E-state index in [1.54, 1.807) is 18.2 Å². The number of nitriles is 1. The Morgan fingerprint density at radius 2 is 1.81 bits per heavy atom. The fourth-order valence-electron chi connectivity index (χ4n) is 2.28. The van der Waals surface area contributed by atoms with Crippen LogP contribution < -0.4 is 9.47 Å². The predicted octanol–water partition coefficient (Wildman–Crippen LogP) is 4.72. The molecule has 0 fully saturated rings. The molecule has 0 amide bonds. The number of benzene rings is 2. The summed E-state index contributed by atoms with van der Waals surface area (Å²) in [6.07, 6.45) is 1.24. The summed E-state index contributed by atoms with van der Waals surface area (Å²) in [6, 6.07) is 9.23. The van der Waals surface area contributed by atoms with Crippen LogP contribution in [0.5, 0.6) is 11.5 Å². The van der Waals surface area contributed by atoms with Gasteiger partial charge in [0.05, 0.1) is 22.6 Å². The van der Waals surface area contributed by atoms with E-state index in [9.17, 15) is 18.1 Å². The monoisotopic (exact) mass is 453 g/mol. The highest BCUT2D eigenvalue weighted by Gasteiger charge is 2.21. The standard InChI is InChI=1S/C19H17BrFNO4S/c1-3-25-18-11-13(10-17(20)19(18)26-4-2)9-16(12-22)27(23,24)15-7-5-14(21)6-8-15/h5-11H,3-4H2,1-2H3/b16-9+. The number of rotatable bonds is 7. The lowest BCUT2D eigenvalue weighted by Gasteiger charge is -2.13. The van der Waals surface area contributed by atoms with Gasteiger partial charge in [-0.3, -0.25) is 0 Å². The summed E-state index contributed by atoms with van der Waals surface area (Å²) in [6.45, 7) is 4.46. The lowest BCUT2D eigenvalue weighted by Crippen LogP contribution is -2.04. The molecule has 142 valence electrons. The summed E-state index contributed by atoms with van der Waals surface area (Å²) < 4.78 is 50.0. The van der Waals surface area contributed by atoms with Gasteiger partial charge in [-0.2, -0.15) is 5.26 Å². The summed E-state index contributed by atoms with van der Waals surface area (Å²) in [7, 11) is -4.08. The Kier molecular flexibility index (Phi) is 6.99. The molecule has 0 spiro atoms. The number of nitrogens with zero attached hydrogens (tertiary/aromatic N) is 1. The second kappa shape index (κ2) is 9.02. The molecule has 0 radical (unpaired) electrons. The summed E-state index contributed by atoms with van der Waals surface area (Å²) in [5, 5.41) is 9.38. The SMILES string of the molecule is CCOc1cc(/C=C(\C#N)S(=O)(=O)c2ccc(F)cc2)cc(Br)c1OCC. The summed E-state index contributed by atoms with van der Waals surface area (Å²) >= 11 is 3.38. The van der Waals surface area contributed by atoms with Gasteiger partial charge in [0.15, 0.2) is 11.5 Å². The first kappa shape index (κ1) is 20.9. The Bertz CT molecular complexity index is 996. The molecule has 0 unspecified atom stereocenters. The summed E-state index contributed by atoms with van der Waals surface area (Å²) in [5.74, 6) is 0.362. The van der Waals surface area contributed by atoms with Crippen LogP contribution in [-0.4, -0.2) is 21.6 Å². The first-order chi connectivity index (χ1) is 12.8. The molecule has 0 atom stereocenters. The molecule has 2 aromatic carbocycles. The quantitative estimate of drug-likeness (QED) is 0.447. The molecule has 2 aromatic rings. The van der Waals surface area contributed by atoms with Crippen molar-refractivity contribution in [1.29, 1.82) is 5.26 Å². The molecule has 0 aliphatic carbocycles. The maximum absolute atomic E-state index is 13.1. The van der Waals surface area contributed by atoms with Crippen molar-refractivity contribution in [3.63, 3.8) is 0 Å². The minimum Gasteiger partial charge on any atom is -0.490 e. The maximum atomic E-state index is 13.1. The van der Waals surface area contributed by atoms with Crippen molar-refractivity contribution >= 4 is 31.8 Å². The third-order valence-corrected chi connectivity index (χ3v) is 5.71. The Morgan fingerprint density at radius 3 is 2.37 bits per heavy atom. The topological polar surface area (TPSA) is 76.4 Å². The van der Waals surface area contributed by atoms with Crippen molar-refractivity contribution in [2.45, 2.75) is 18.7 Å². The van der Waals surface area contributed by atoms with E-state index in [0.29, 0.717) is 34.7 Å². The van der Waals surface area contributed by atoms with Crippen LogP contribution >= 0.6 is 15.9 Å². The molecule has 8 heteroatoms. The van der Waals surface area contributed by atoms with Gasteiger partial charge in [0.25, 0.3) is 0 Å². The number of halogens is 2. The number of sulfone groups is 1. The van der Waals surface area contributed by atoms with E-state index >= 15 is 0 Å². The zero-order valence-electron chi connectivity index (χ0n) is 14.7. The molecule has 0 bridgehead atoms. The Morgan fingerprint density at radius 1 is 1.19 bits per heavy atom. The van der Waals surface area contributed by atoms with Gasteiger partial charge in [-0.05, 0) is 77.8 Å². The van der Waals surface area contributed by atoms with E-state index in [1.807, 2.05) is 13.8 Å². The van der Waals surface area contributed by atoms with Crippen molar-refractivity contribution < 1.29 is 22.3 Å². The predicted molar refractivity (Wildman–Crippen MR) is 104 cm³/mol. The first-order valence-electron chi connectivity index (χ1n) is 8.05. The molecule has 0 aliphatic rings. The highest BCUT2D eigenvalue weighted by atomic mass is 79.9. The van der Waals surface area contributed by atoms with Crippen LogP contribution in [0.1, 0.15) is 19.4 Å². The zero-order valence-corrected chi connectivity index (χ0v) is 17.1. The normalized spacial score (nSPS) is 11.7. The van der Waals surface area contributed by atoms with Crippen LogP contribution in [0, 0.1) is 17.1 Å². The van der Waals surface area contributed by atoms with E-state index in [1.165, 1.54) is 6.08 Å². The van der Waals surface area contributed by atoms with E-state index in [4.69, 9.17) is 9.47 Å². The molecular weight excluding hydrogens is 437 g/mol. The minimum atomic E-state index is -4.08. The number of ether oxygens (including phenoxy) is 2. The Balaban J connectivity index is 2.54.